The quantitative estimate of drug-likeness (QED) is 0.520. The molecule has 0 saturated carbocycles. The molecule has 160 valence electrons. The van der Waals surface area contributed by atoms with Crippen LogP contribution in [0.3, 0.4) is 0 Å². The molecule has 0 aliphatic rings. The summed E-state index contributed by atoms with van der Waals surface area (Å²) >= 11 is 0. The van der Waals surface area contributed by atoms with Gasteiger partial charge < -0.3 is 14.6 Å². The van der Waals surface area contributed by atoms with Crippen LogP contribution in [0.4, 0.5) is 10.5 Å². The van der Waals surface area contributed by atoms with Gasteiger partial charge in [0, 0.05) is 31.5 Å². The van der Waals surface area contributed by atoms with Crippen molar-refractivity contribution in [3.63, 3.8) is 0 Å². The average molecular weight is 418 g/mol. The minimum atomic E-state index is -0.349. The van der Waals surface area contributed by atoms with Gasteiger partial charge in [0.05, 0.1) is 17.9 Å². The fourth-order valence-corrected chi connectivity index (χ4v) is 3.83. The lowest BCUT2D eigenvalue weighted by atomic mass is 10.1. The zero-order chi connectivity index (χ0) is 22.1. The van der Waals surface area contributed by atoms with Crippen molar-refractivity contribution >= 4 is 22.7 Å². The SMILES string of the molecule is CCc1oc2ccccc2c1CN(C)C(=O)Nc1c(C)n(C)n(-c2ccccc2)c1=O. The van der Waals surface area contributed by atoms with E-state index in [-0.39, 0.29) is 17.3 Å². The van der Waals surface area contributed by atoms with Crippen LogP contribution in [0.5, 0.6) is 0 Å². The molecule has 1 N–H and O–H groups in total. The number of aromatic nitrogens is 2. The first-order valence-corrected chi connectivity index (χ1v) is 10.3. The largest absolute Gasteiger partial charge is 0.461 e. The van der Waals surface area contributed by atoms with Gasteiger partial charge in [-0.15, -0.1) is 0 Å². The number of benzene rings is 2. The normalized spacial score (nSPS) is 11.1. The highest BCUT2D eigenvalue weighted by Gasteiger charge is 2.21. The third-order valence-electron chi connectivity index (χ3n) is 5.63. The van der Waals surface area contributed by atoms with E-state index >= 15 is 0 Å². The van der Waals surface area contributed by atoms with Gasteiger partial charge in [-0.25, -0.2) is 9.48 Å². The summed E-state index contributed by atoms with van der Waals surface area (Å²) in [6.07, 6.45) is 0.735. The van der Waals surface area contributed by atoms with Crippen LogP contribution in [0.15, 0.2) is 63.8 Å². The molecular weight excluding hydrogens is 392 g/mol. The van der Waals surface area contributed by atoms with Crippen molar-refractivity contribution < 1.29 is 9.21 Å². The lowest BCUT2D eigenvalue weighted by Gasteiger charge is -2.17. The number of rotatable bonds is 5. The first kappa shape index (κ1) is 20.5. The Hall–Kier alpha value is -3.74. The van der Waals surface area contributed by atoms with Crippen molar-refractivity contribution in [2.45, 2.75) is 26.8 Å². The van der Waals surface area contributed by atoms with E-state index in [1.165, 1.54) is 0 Å². The Kier molecular flexibility index (Phi) is 5.42. The maximum absolute atomic E-state index is 13.1. The minimum absolute atomic E-state index is 0.268. The lowest BCUT2D eigenvalue weighted by molar-refractivity contribution is 0.220. The van der Waals surface area contributed by atoms with E-state index in [0.29, 0.717) is 12.2 Å². The molecule has 0 aliphatic heterocycles. The molecule has 0 atom stereocenters. The number of furan rings is 1. The van der Waals surface area contributed by atoms with Crippen molar-refractivity contribution in [2.75, 3.05) is 12.4 Å². The molecule has 2 amide bonds. The summed E-state index contributed by atoms with van der Waals surface area (Å²) in [5.41, 5.74) is 3.23. The Bertz CT molecular complexity index is 1300. The molecule has 31 heavy (non-hydrogen) atoms. The zero-order valence-electron chi connectivity index (χ0n) is 18.2. The fraction of sp³-hybridized carbons (Fsp3) is 0.250. The third kappa shape index (κ3) is 3.63. The molecule has 4 rings (SSSR count). The third-order valence-corrected chi connectivity index (χ3v) is 5.63. The highest BCUT2D eigenvalue weighted by Crippen LogP contribution is 2.27. The molecule has 0 fully saturated rings. The molecule has 0 aliphatic carbocycles. The number of para-hydroxylation sites is 2. The molecule has 0 unspecified atom stereocenters. The number of hydrogen-bond donors (Lipinski definition) is 1. The molecule has 4 aromatic rings. The van der Waals surface area contributed by atoms with E-state index in [2.05, 4.69) is 5.32 Å². The molecule has 7 nitrogen and oxygen atoms in total. The molecule has 2 aromatic heterocycles. The smallest absolute Gasteiger partial charge is 0.322 e. The summed E-state index contributed by atoms with van der Waals surface area (Å²) in [6, 6.07) is 16.8. The van der Waals surface area contributed by atoms with E-state index in [0.717, 1.165) is 34.4 Å². The van der Waals surface area contributed by atoms with Crippen LogP contribution < -0.4 is 10.9 Å². The number of fused-ring (bicyclic) bond motifs is 1. The predicted octanol–water partition coefficient (Wildman–Crippen LogP) is 4.46. The number of carbonyl (C=O) groups excluding carboxylic acids is 1. The Morgan fingerprint density at radius 2 is 1.77 bits per heavy atom. The average Bonchev–Trinajstić information content (AvgIpc) is 3.24. The summed E-state index contributed by atoms with van der Waals surface area (Å²) < 4.78 is 9.23. The first-order chi connectivity index (χ1) is 14.9. The zero-order valence-corrected chi connectivity index (χ0v) is 18.2. The van der Waals surface area contributed by atoms with Gasteiger partial charge in [0.1, 0.15) is 17.0 Å². The summed E-state index contributed by atoms with van der Waals surface area (Å²) in [7, 11) is 3.51. The number of anilines is 1. The molecule has 2 heterocycles. The molecule has 7 heteroatoms. The molecule has 0 radical (unpaired) electrons. The standard InChI is InChI=1S/C24H26N4O3/c1-5-20-19(18-13-9-10-14-21(18)31-20)15-26(3)24(30)25-22-16(2)27(4)28(23(22)29)17-11-7-6-8-12-17/h6-14H,5,15H2,1-4H3,(H,25,30). The first-order valence-electron chi connectivity index (χ1n) is 10.3. The highest BCUT2D eigenvalue weighted by molar-refractivity contribution is 5.90. The highest BCUT2D eigenvalue weighted by atomic mass is 16.3. The van der Waals surface area contributed by atoms with Gasteiger partial charge in [-0.2, -0.15) is 0 Å². The van der Waals surface area contributed by atoms with E-state index < -0.39 is 0 Å². The summed E-state index contributed by atoms with van der Waals surface area (Å²) in [4.78, 5) is 27.6. The van der Waals surface area contributed by atoms with Gasteiger partial charge in [0.15, 0.2) is 0 Å². The number of nitrogens with zero attached hydrogens (tertiary/aromatic N) is 3. The van der Waals surface area contributed by atoms with Gasteiger partial charge in [-0.1, -0.05) is 43.3 Å². The molecule has 0 saturated heterocycles. The van der Waals surface area contributed by atoms with Gasteiger partial charge in [0.2, 0.25) is 0 Å². The molecular formula is C24H26N4O3. The maximum atomic E-state index is 13.1. The van der Waals surface area contributed by atoms with Crippen LogP contribution in [0, 0.1) is 6.92 Å². The number of amides is 2. The van der Waals surface area contributed by atoms with Gasteiger partial charge in [-0.05, 0) is 25.1 Å². The summed E-state index contributed by atoms with van der Waals surface area (Å²) in [5.74, 6) is 0.864. The number of hydrogen-bond acceptors (Lipinski definition) is 3. The molecule has 0 bridgehead atoms. The van der Waals surface area contributed by atoms with Gasteiger partial charge >= 0.3 is 6.03 Å². The van der Waals surface area contributed by atoms with Crippen LogP contribution in [-0.4, -0.2) is 27.3 Å². The number of carbonyl (C=O) groups is 1. The topological polar surface area (TPSA) is 72.4 Å². The Morgan fingerprint density at radius 1 is 1.10 bits per heavy atom. The maximum Gasteiger partial charge on any atom is 0.322 e. The summed E-state index contributed by atoms with van der Waals surface area (Å²) in [6.45, 7) is 4.22. The Morgan fingerprint density at radius 3 is 2.48 bits per heavy atom. The van der Waals surface area contributed by atoms with Crippen molar-refractivity contribution in [1.82, 2.24) is 14.3 Å². The van der Waals surface area contributed by atoms with Crippen molar-refractivity contribution in [3.05, 3.63) is 82.0 Å². The van der Waals surface area contributed by atoms with Crippen molar-refractivity contribution in [2.24, 2.45) is 7.05 Å². The van der Waals surface area contributed by atoms with Crippen LogP contribution >= 0.6 is 0 Å². The number of aryl methyl sites for hydroxylation is 1. The van der Waals surface area contributed by atoms with E-state index in [4.69, 9.17) is 4.42 Å². The van der Waals surface area contributed by atoms with Crippen molar-refractivity contribution in [1.29, 1.82) is 0 Å². The monoisotopic (exact) mass is 418 g/mol. The summed E-state index contributed by atoms with van der Waals surface area (Å²) in [5, 5.41) is 3.81. The van der Waals surface area contributed by atoms with Crippen LogP contribution in [-0.2, 0) is 20.0 Å². The van der Waals surface area contributed by atoms with Crippen LogP contribution in [0.25, 0.3) is 16.7 Å². The van der Waals surface area contributed by atoms with Crippen LogP contribution in [0.1, 0.15) is 23.9 Å². The van der Waals surface area contributed by atoms with E-state index in [1.807, 2.05) is 68.4 Å². The van der Waals surface area contributed by atoms with E-state index in [1.54, 1.807) is 28.4 Å². The van der Waals surface area contributed by atoms with Gasteiger partial charge in [-0.3, -0.25) is 9.48 Å². The second-order valence-corrected chi connectivity index (χ2v) is 7.58. The number of urea groups is 1. The predicted molar refractivity (Wildman–Crippen MR) is 122 cm³/mol. The lowest BCUT2D eigenvalue weighted by Crippen LogP contribution is -2.33. The molecule has 0 spiro atoms. The van der Waals surface area contributed by atoms with Gasteiger partial charge in [0.25, 0.3) is 5.56 Å². The Labute approximate surface area is 180 Å². The second-order valence-electron chi connectivity index (χ2n) is 7.58. The minimum Gasteiger partial charge on any atom is -0.461 e. The fourth-order valence-electron chi connectivity index (χ4n) is 3.83. The number of nitrogens with one attached hydrogen (secondary N) is 1. The van der Waals surface area contributed by atoms with Crippen LogP contribution in [0.2, 0.25) is 0 Å². The second kappa shape index (κ2) is 8.18. The molecule has 2 aromatic carbocycles. The Balaban J connectivity index is 1.60. The van der Waals surface area contributed by atoms with Crippen molar-refractivity contribution in [3.8, 4) is 5.69 Å². The van der Waals surface area contributed by atoms with E-state index in [9.17, 15) is 9.59 Å².